The van der Waals surface area contributed by atoms with Gasteiger partial charge in [0.15, 0.2) is 0 Å². The molecule has 1 atom stereocenters. The fourth-order valence-corrected chi connectivity index (χ4v) is 3.97. The van der Waals surface area contributed by atoms with Crippen LogP contribution in [0.1, 0.15) is 59.0 Å². The number of aryl methyl sites for hydroxylation is 1. The number of rotatable bonds is 2. The van der Waals surface area contributed by atoms with E-state index < -0.39 is 0 Å². The maximum Gasteiger partial charge on any atom is 0.257 e. The molecular formula is C20H24N4O2. The zero-order valence-electron chi connectivity index (χ0n) is 15.2. The Balaban J connectivity index is 1.51. The lowest BCUT2D eigenvalue weighted by Gasteiger charge is -2.28. The van der Waals surface area contributed by atoms with Crippen LogP contribution in [0, 0.1) is 0 Å². The van der Waals surface area contributed by atoms with Gasteiger partial charge in [-0.05, 0) is 44.7 Å². The Morgan fingerprint density at radius 2 is 2.08 bits per heavy atom. The van der Waals surface area contributed by atoms with E-state index in [9.17, 15) is 9.59 Å². The van der Waals surface area contributed by atoms with Crippen molar-refractivity contribution in [3.05, 3.63) is 53.3 Å². The quantitative estimate of drug-likeness (QED) is 0.903. The van der Waals surface area contributed by atoms with E-state index in [1.54, 1.807) is 17.1 Å². The van der Waals surface area contributed by atoms with Crippen molar-refractivity contribution in [2.45, 2.75) is 44.7 Å². The van der Waals surface area contributed by atoms with Crippen molar-refractivity contribution in [2.75, 3.05) is 13.1 Å². The topological polar surface area (TPSA) is 67.2 Å². The number of likely N-dealkylation sites (tertiary alicyclic amines) is 1. The highest BCUT2D eigenvalue weighted by Crippen LogP contribution is 2.31. The Morgan fingerprint density at radius 1 is 1.27 bits per heavy atom. The van der Waals surface area contributed by atoms with Crippen LogP contribution in [0.15, 0.2) is 36.7 Å². The first kappa shape index (κ1) is 16.8. The average Bonchev–Trinajstić information content (AvgIpc) is 3.25. The zero-order valence-corrected chi connectivity index (χ0v) is 15.2. The van der Waals surface area contributed by atoms with E-state index in [-0.39, 0.29) is 23.4 Å². The van der Waals surface area contributed by atoms with E-state index in [0.717, 1.165) is 30.4 Å². The van der Waals surface area contributed by atoms with E-state index >= 15 is 0 Å². The van der Waals surface area contributed by atoms with Crippen molar-refractivity contribution in [1.82, 2.24) is 20.0 Å². The lowest BCUT2D eigenvalue weighted by Crippen LogP contribution is -2.50. The number of carbonyl (C=O) groups excluding carboxylic acids is 2. The van der Waals surface area contributed by atoms with Crippen LogP contribution in [-0.4, -0.2) is 45.1 Å². The zero-order chi connectivity index (χ0) is 18.3. The number of carbonyl (C=O) groups is 2. The first-order valence-corrected chi connectivity index (χ1v) is 9.21. The Morgan fingerprint density at radius 3 is 2.85 bits per heavy atom. The number of hydrogen-bond donors (Lipinski definition) is 1. The van der Waals surface area contributed by atoms with Gasteiger partial charge in [-0.1, -0.05) is 18.2 Å². The summed E-state index contributed by atoms with van der Waals surface area (Å²) in [7, 11) is 0. The molecule has 2 amide bonds. The first-order valence-electron chi connectivity index (χ1n) is 9.21. The lowest BCUT2D eigenvalue weighted by atomic mass is 9.91. The van der Waals surface area contributed by atoms with Crippen LogP contribution >= 0.6 is 0 Å². The van der Waals surface area contributed by atoms with E-state index in [1.165, 1.54) is 0 Å². The lowest BCUT2D eigenvalue weighted by molar-refractivity contribution is 0.0764. The minimum atomic E-state index is -0.334. The number of fused-ring (bicyclic) bond motifs is 1. The van der Waals surface area contributed by atoms with Gasteiger partial charge in [-0.2, -0.15) is 5.10 Å². The summed E-state index contributed by atoms with van der Waals surface area (Å²) in [6.45, 7) is 5.27. The Labute approximate surface area is 153 Å². The number of benzene rings is 1. The molecule has 6 heteroatoms. The summed E-state index contributed by atoms with van der Waals surface area (Å²) in [5, 5.41) is 7.48. The molecule has 1 N–H and O–H groups in total. The molecule has 4 rings (SSSR count). The van der Waals surface area contributed by atoms with Gasteiger partial charge in [0.2, 0.25) is 0 Å². The summed E-state index contributed by atoms with van der Waals surface area (Å²) < 4.78 is 1.79. The highest BCUT2D eigenvalue weighted by molar-refractivity contribution is 5.97. The molecule has 6 nitrogen and oxygen atoms in total. The van der Waals surface area contributed by atoms with Crippen LogP contribution in [-0.2, 0) is 6.42 Å². The van der Waals surface area contributed by atoms with Gasteiger partial charge in [-0.15, -0.1) is 0 Å². The van der Waals surface area contributed by atoms with Gasteiger partial charge in [-0.3, -0.25) is 14.3 Å². The van der Waals surface area contributed by atoms with Gasteiger partial charge >= 0.3 is 0 Å². The molecule has 0 radical (unpaired) electrons. The van der Waals surface area contributed by atoms with Crippen molar-refractivity contribution in [3.8, 4) is 0 Å². The maximum atomic E-state index is 12.9. The molecule has 0 saturated carbocycles. The minimum Gasteiger partial charge on any atom is -0.345 e. The van der Waals surface area contributed by atoms with Crippen LogP contribution < -0.4 is 5.32 Å². The van der Waals surface area contributed by atoms with Crippen molar-refractivity contribution in [2.24, 2.45) is 0 Å². The standard InChI is InChI=1S/C20H24N4O2/c1-14(2)24-12-16(11-21-24)19(26)23-10-9-20(13-23)8-7-15-5-3-4-6-17(15)18(25)22-20/h3-6,11-12,14H,7-10,13H2,1-2H3,(H,22,25)/t20-/m1/s1. The Kier molecular flexibility index (Phi) is 4.05. The molecule has 0 unspecified atom stereocenters. The molecule has 2 aromatic rings. The average molecular weight is 352 g/mol. The van der Waals surface area contributed by atoms with Gasteiger partial charge in [-0.25, -0.2) is 0 Å². The number of nitrogens with zero attached hydrogens (tertiary/aromatic N) is 3. The van der Waals surface area contributed by atoms with E-state index in [1.807, 2.05) is 43.0 Å². The normalized spacial score (nSPS) is 22.4. The SMILES string of the molecule is CC(C)n1cc(C(=O)N2CC[C@]3(CCc4ccccc4C(=O)N3)C2)cn1. The summed E-state index contributed by atoms with van der Waals surface area (Å²) >= 11 is 0. The van der Waals surface area contributed by atoms with Crippen LogP contribution in [0.2, 0.25) is 0 Å². The minimum absolute atomic E-state index is 0.00946. The highest BCUT2D eigenvalue weighted by atomic mass is 16.2. The molecule has 0 aliphatic carbocycles. The fraction of sp³-hybridized carbons (Fsp3) is 0.450. The van der Waals surface area contributed by atoms with Gasteiger partial charge in [0.05, 0.1) is 17.3 Å². The van der Waals surface area contributed by atoms with Gasteiger partial charge < -0.3 is 10.2 Å². The van der Waals surface area contributed by atoms with Crippen molar-refractivity contribution in [3.63, 3.8) is 0 Å². The maximum absolute atomic E-state index is 12.9. The third-order valence-electron chi connectivity index (χ3n) is 5.53. The molecule has 1 aromatic heterocycles. The molecular weight excluding hydrogens is 328 g/mol. The molecule has 1 spiro atoms. The van der Waals surface area contributed by atoms with Crippen LogP contribution in [0.3, 0.4) is 0 Å². The molecule has 0 bridgehead atoms. The number of aromatic nitrogens is 2. The van der Waals surface area contributed by atoms with Gasteiger partial charge in [0, 0.05) is 30.9 Å². The predicted octanol–water partition coefficient (Wildman–Crippen LogP) is 2.42. The number of nitrogens with one attached hydrogen (secondary N) is 1. The smallest absolute Gasteiger partial charge is 0.257 e. The second-order valence-corrected chi connectivity index (χ2v) is 7.67. The Hall–Kier alpha value is -2.63. The molecule has 3 heterocycles. The summed E-state index contributed by atoms with van der Waals surface area (Å²) in [5.41, 5.74) is 2.12. The van der Waals surface area contributed by atoms with Crippen molar-refractivity contribution >= 4 is 11.8 Å². The van der Waals surface area contributed by atoms with E-state index in [0.29, 0.717) is 18.7 Å². The monoisotopic (exact) mass is 352 g/mol. The summed E-state index contributed by atoms with van der Waals surface area (Å²) in [6.07, 6.45) is 5.93. The summed E-state index contributed by atoms with van der Waals surface area (Å²) in [6, 6.07) is 7.99. The second-order valence-electron chi connectivity index (χ2n) is 7.67. The fourth-order valence-electron chi connectivity index (χ4n) is 3.97. The third-order valence-corrected chi connectivity index (χ3v) is 5.53. The van der Waals surface area contributed by atoms with Gasteiger partial charge in [0.1, 0.15) is 0 Å². The number of hydrogen-bond acceptors (Lipinski definition) is 3. The van der Waals surface area contributed by atoms with E-state index in [4.69, 9.17) is 0 Å². The molecule has 2 aliphatic rings. The second kappa shape index (κ2) is 6.27. The number of amides is 2. The van der Waals surface area contributed by atoms with Crippen molar-refractivity contribution < 1.29 is 9.59 Å². The molecule has 136 valence electrons. The summed E-state index contributed by atoms with van der Waals surface area (Å²) in [5.74, 6) is -0.0372. The molecule has 1 aromatic carbocycles. The molecule has 1 fully saturated rings. The van der Waals surface area contributed by atoms with Gasteiger partial charge in [0.25, 0.3) is 11.8 Å². The third kappa shape index (κ3) is 2.89. The molecule has 1 saturated heterocycles. The largest absolute Gasteiger partial charge is 0.345 e. The molecule has 2 aliphatic heterocycles. The van der Waals surface area contributed by atoms with Crippen LogP contribution in [0.25, 0.3) is 0 Å². The van der Waals surface area contributed by atoms with E-state index in [2.05, 4.69) is 10.4 Å². The molecule has 26 heavy (non-hydrogen) atoms. The summed E-state index contributed by atoms with van der Waals surface area (Å²) in [4.78, 5) is 27.4. The van der Waals surface area contributed by atoms with Crippen molar-refractivity contribution in [1.29, 1.82) is 0 Å². The van der Waals surface area contributed by atoms with Crippen LogP contribution in [0.4, 0.5) is 0 Å². The highest BCUT2D eigenvalue weighted by Gasteiger charge is 2.42. The first-order chi connectivity index (χ1) is 12.5. The predicted molar refractivity (Wildman–Crippen MR) is 98.1 cm³/mol. The van der Waals surface area contributed by atoms with Crippen LogP contribution in [0.5, 0.6) is 0 Å². The Bertz CT molecular complexity index is 857.